The zero-order valence-corrected chi connectivity index (χ0v) is 11.5. The highest BCUT2D eigenvalue weighted by Crippen LogP contribution is 2.25. The summed E-state index contributed by atoms with van der Waals surface area (Å²) < 4.78 is 13.5. The van der Waals surface area contributed by atoms with Gasteiger partial charge in [-0.15, -0.1) is 0 Å². The number of carbonyl (C=O) groups excluding carboxylic acids is 1. The Bertz CT molecular complexity index is 423. The van der Waals surface area contributed by atoms with Gasteiger partial charge in [-0.3, -0.25) is 4.79 Å². The van der Waals surface area contributed by atoms with Gasteiger partial charge >= 0.3 is 0 Å². The molecule has 1 aromatic rings. The molecule has 0 aliphatic rings. The molecule has 100 valence electrons. The van der Waals surface area contributed by atoms with Crippen molar-refractivity contribution in [3.05, 3.63) is 29.0 Å². The van der Waals surface area contributed by atoms with E-state index in [1.807, 2.05) is 20.8 Å². The van der Waals surface area contributed by atoms with Crippen LogP contribution in [-0.4, -0.2) is 11.9 Å². The molecule has 0 aliphatic carbocycles. The first-order chi connectivity index (χ1) is 8.21. The Balaban J connectivity index is 2.72. The Morgan fingerprint density at radius 3 is 2.61 bits per heavy atom. The summed E-state index contributed by atoms with van der Waals surface area (Å²) >= 11 is 5.81. The predicted octanol–water partition coefficient (Wildman–Crippen LogP) is 3.18. The lowest BCUT2D eigenvalue weighted by molar-refractivity contribution is -0.117. The number of hydrogen-bond donors (Lipinski definition) is 2. The minimum atomic E-state index is -0.555. The van der Waals surface area contributed by atoms with E-state index >= 15 is 0 Å². The molecule has 1 rings (SSSR count). The average molecular weight is 273 g/mol. The lowest BCUT2D eigenvalue weighted by Gasteiger charge is -2.26. The maximum Gasteiger partial charge on any atom is 0.226 e. The molecule has 1 aromatic carbocycles. The van der Waals surface area contributed by atoms with Gasteiger partial charge in [-0.2, -0.15) is 0 Å². The molecule has 5 heteroatoms. The topological polar surface area (TPSA) is 55.1 Å². The number of nitrogens with one attached hydrogen (secondary N) is 1. The first-order valence-corrected chi connectivity index (χ1v) is 6.09. The van der Waals surface area contributed by atoms with Gasteiger partial charge in [0.1, 0.15) is 5.82 Å². The number of rotatable bonds is 3. The molecule has 3 nitrogen and oxygen atoms in total. The van der Waals surface area contributed by atoms with Crippen molar-refractivity contribution in [3.63, 3.8) is 0 Å². The van der Waals surface area contributed by atoms with Gasteiger partial charge in [0, 0.05) is 12.5 Å². The summed E-state index contributed by atoms with van der Waals surface area (Å²) in [6.07, 6.45) is 0.119. The molecule has 0 bridgehead atoms. The molecule has 0 fully saturated rings. The minimum absolute atomic E-state index is 0.00489. The van der Waals surface area contributed by atoms with Crippen LogP contribution in [0.4, 0.5) is 10.1 Å². The fourth-order valence-electron chi connectivity index (χ4n) is 1.31. The molecule has 1 amide bonds. The Labute approximate surface area is 112 Å². The summed E-state index contributed by atoms with van der Waals surface area (Å²) in [6, 6.07) is 3.94. The van der Waals surface area contributed by atoms with Gasteiger partial charge in [0.15, 0.2) is 0 Å². The summed E-state index contributed by atoms with van der Waals surface area (Å²) in [7, 11) is 0. The van der Waals surface area contributed by atoms with Crippen LogP contribution in [0, 0.1) is 11.2 Å². The van der Waals surface area contributed by atoms with Crippen molar-refractivity contribution in [1.29, 1.82) is 0 Å². The fourth-order valence-corrected chi connectivity index (χ4v) is 1.52. The van der Waals surface area contributed by atoms with Crippen molar-refractivity contribution in [1.82, 2.24) is 0 Å². The molecule has 0 aromatic heterocycles. The standard InChI is InChI=1S/C13H18ClFN2O/c1-13(2,3)10(16)7-11(18)17-12-8(14)5-4-6-9(12)15/h4-6,10H,7,16H2,1-3H3,(H,17,18). The van der Waals surface area contributed by atoms with Crippen LogP contribution < -0.4 is 11.1 Å². The van der Waals surface area contributed by atoms with Gasteiger partial charge in [0.05, 0.1) is 10.7 Å². The highest BCUT2D eigenvalue weighted by Gasteiger charge is 2.23. The Morgan fingerprint density at radius 2 is 2.11 bits per heavy atom. The zero-order valence-electron chi connectivity index (χ0n) is 10.8. The highest BCUT2D eigenvalue weighted by atomic mass is 35.5. The van der Waals surface area contributed by atoms with Crippen molar-refractivity contribution >= 4 is 23.2 Å². The average Bonchev–Trinajstić information content (AvgIpc) is 2.22. The Morgan fingerprint density at radius 1 is 1.50 bits per heavy atom. The van der Waals surface area contributed by atoms with Crippen LogP contribution in [0.5, 0.6) is 0 Å². The predicted molar refractivity (Wildman–Crippen MR) is 72.1 cm³/mol. The summed E-state index contributed by atoms with van der Waals surface area (Å²) in [5.41, 5.74) is 5.71. The van der Waals surface area contributed by atoms with E-state index in [2.05, 4.69) is 5.32 Å². The molecule has 0 spiro atoms. The van der Waals surface area contributed by atoms with E-state index in [1.165, 1.54) is 18.2 Å². The van der Waals surface area contributed by atoms with E-state index in [4.69, 9.17) is 17.3 Å². The summed E-state index contributed by atoms with van der Waals surface area (Å²) in [6.45, 7) is 5.84. The van der Waals surface area contributed by atoms with Crippen molar-refractivity contribution < 1.29 is 9.18 Å². The normalized spacial score (nSPS) is 13.2. The monoisotopic (exact) mass is 272 g/mol. The number of hydrogen-bond acceptors (Lipinski definition) is 2. The van der Waals surface area contributed by atoms with Gasteiger partial charge in [-0.1, -0.05) is 38.4 Å². The van der Waals surface area contributed by atoms with Gasteiger partial charge in [0.2, 0.25) is 5.91 Å². The number of benzene rings is 1. The number of amides is 1. The lowest BCUT2D eigenvalue weighted by atomic mass is 9.85. The largest absolute Gasteiger partial charge is 0.327 e. The van der Waals surface area contributed by atoms with Crippen molar-refractivity contribution in [2.75, 3.05) is 5.32 Å². The van der Waals surface area contributed by atoms with Crippen LogP contribution in [0.25, 0.3) is 0 Å². The Kier molecular flexibility index (Phi) is 4.71. The van der Waals surface area contributed by atoms with E-state index in [0.29, 0.717) is 0 Å². The Hall–Kier alpha value is -1.13. The van der Waals surface area contributed by atoms with Crippen LogP contribution in [0.2, 0.25) is 5.02 Å². The van der Waals surface area contributed by atoms with Crippen molar-refractivity contribution in [2.24, 2.45) is 11.1 Å². The molecular weight excluding hydrogens is 255 g/mol. The van der Waals surface area contributed by atoms with Crippen LogP contribution in [0.3, 0.4) is 0 Å². The molecule has 1 unspecified atom stereocenters. The molecular formula is C13H18ClFN2O. The number of halogens is 2. The van der Waals surface area contributed by atoms with E-state index in [9.17, 15) is 9.18 Å². The number of anilines is 1. The second kappa shape index (κ2) is 5.67. The van der Waals surface area contributed by atoms with Crippen LogP contribution >= 0.6 is 11.6 Å². The fraction of sp³-hybridized carbons (Fsp3) is 0.462. The summed E-state index contributed by atoms with van der Waals surface area (Å²) in [4.78, 5) is 11.8. The van der Waals surface area contributed by atoms with Gasteiger partial charge < -0.3 is 11.1 Å². The zero-order chi connectivity index (χ0) is 13.9. The molecule has 18 heavy (non-hydrogen) atoms. The molecule has 0 aliphatic heterocycles. The lowest BCUT2D eigenvalue weighted by Crippen LogP contribution is -2.38. The second-order valence-electron chi connectivity index (χ2n) is 5.32. The molecule has 0 heterocycles. The van der Waals surface area contributed by atoms with E-state index in [1.54, 1.807) is 0 Å². The minimum Gasteiger partial charge on any atom is -0.327 e. The van der Waals surface area contributed by atoms with Gasteiger partial charge in [0.25, 0.3) is 0 Å². The maximum atomic E-state index is 13.5. The van der Waals surface area contributed by atoms with Gasteiger partial charge in [-0.25, -0.2) is 4.39 Å². The molecule has 0 radical (unpaired) electrons. The third-order valence-corrected chi connectivity index (χ3v) is 3.06. The first-order valence-electron chi connectivity index (χ1n) is 5.71. The second-order valence-corrected chi connectivity index (χ2v) is 5.73. The molecule has 1 atom stereocenters. The number of para-hydroxylation sites is 1. The molecule has 3 N–H and O–H groups in total. The van der Waals surface area contributed by atoms with E-state index in [-0.39, 0.29) is 34.5 Å². The van der Waals surface area contributed by atoms with E-state index in [0.717, 1.165) is 0 Å². The number of nitrogens with two attached hydrogens (primary N) is 1. The summed E-state index contributed by atoms with van der Waals surface area (Å²) in [5, 5.41) is 2.63. The first kappa shape index (κ1) is 14.9. The van der Waals surface area contributed by atoms with Crippen LogP contribution in [-0.2, 0) is 4.79 Å². The third-order valence-electron chi connectivity index (χ3n) is 2.74. The van der Waals surface area contributed by atoms with Crippen LogP contribution in [0.1, 0.15) is 27.2 Å². The maximum absolute atomic E-state index is 13.5. The smallest absolute Gasteiger partial charge is 0.226 e. The van der Waals surface area contributed by atoms with Crippen molar-refractivity contribution in [3.8, 4) is 0 Å². The number of carbonyl (C=O) groups is 1. The molecule has 0 saturated carbocycles. The van der Waals surface area contributed by atoms with Gasteiger partial charge in [-0.05, 0) is 17.5 Å². The van der Waals surface area contributed by atoms with E-state index < -0.39 is 5.82 Å². The summed E-state index contributed by atoms with van der Waals surface area (Å²) in [5.74, 6) is -0.899. The van der Waals surface area contributed by atoms with Crippen molar-refractivity contribution in [2.45, 2.75) is 33.2 Å². The highest BCUT2D eigenvalue weighted by molar-refractivity contribution is 6.33. The third kappa shape index (κ3) is 3.96. The quantitative estimate of drug-likeness (QED) is 0.888. The van der Waals surface area contributed by atoms with Crippen LogP contribution in [0.15, 0.2) is 18.2 Å². The SMILES string of the molecule is CC(C)(C)C(N)CC(=O)Nc1c(F)cccc1Cl. The molecule has 0 saturated heterocycles.